The number of hydrogen-bond acceptors (Lipinski definition) is 5. The summed E-state index contributed by atoms with van der Waals surface area (Å²) in [4.78, 5) is 12.5. The Morgan fingerprint density at radius 3 is 2.83 bits per heavy atom. The molecule has 1 N–H and O–H groups in total. The topological polar surface area (TPSA) is 74.6 Å². The largest absolute Gasteiger partial charge is 0.454 e. The van der Waals surface area contributed by atoms with E-state index in [1.807, 2.05) is 22.9 Å². The molecular formula is C23H23N3O4. The molecule has 154 valence electrons. The maximum atomic E-state index is 12.5. The summed E-state index contributed by atoms with van der Waals surface area (Å²) < 4.78 is 18.7. The predicted molar refractivity (Wildman–Crippen MR) is 110 cm³/mol. The molecule has 0 saturated carbocycles. The van der Waals surface area contributed by atoms with Crippen LogP contribution in [-0.2, 0) is 24.3 Å². The van der Waals surface area contributed by atoms with E-state index in [0.717, 1.165) is 29.2 Å². The smallest absolute Gasteiger partial charge is 0.271 e. The van der Waals surface area contributed by atoms with E-state index in [0.29, 0.717) is 25.4 Å². The summed E-state index contributed by atoms with van der Waals surface area (Å²) in [5.74, 6) is 1.32. The molecular weight excluding hydrogens is 382 g/mol. The Balaban J connectivity index is 1.21. The lowest BCUT2D eigenvalue weighted by Gasteiger charge is -2.24. The second-order valence-corrected chi connectivity index (χ2v) is 7.61. The summed E-state index contributed by atoms with van der Waals surface area (Å²) >= 11 is 0. The number of aryl methyl sites for hydroxylation is 1. The lowest BCUT2D eigenvalue weighted by Crippen LogP contribution is -2.26. The average molecular weight is 405 g/mol. The van der Waals surface area contributed by atoms with E-state index in [1.54, 1.807) is 6.07 Å². The van der Waals surface area contributed by atoms with E-state index < -0.39 is 0 Å². The zero-order valence-electron chi connectivity index (χ0n) is 16.8. The van der Waals surface area contributed by atoms with Crippen LogP contribution in [0.1, 0.15) is 39.0 Å². The first kappa shape index (κ1) is 18.7. The molecule has 5 rings (SSSR count). The minimum atomic E-state index is -0.163. The molecule has 2 aromatic carbocycles. The Morgan fingerprint density at radius 2 is 1.97 bits per heavy atom. The number of carbonyl (C=O) groups is 1. The number of nitrogens with one attached hydrogen (secondary N) is 1. The average Bonchev–Trinajstić information content (AvgIpc) is 3.40. The first-order valence-corrected chi connectivity index (χ1v) is 10.1. The maximum Gasteiger partial charge on any atom is 0.271 e. The molecule has 7 heteroatoms. The highest BCUT2D eigenvalue weighted by Crippen LogP contribution is 2.36. The fourth-order valence-electron chi connectivity index (χ4n) is 3.72. The SMILES string of the molecule is Cc1ccc(CCNC(=O)c2cc3n(n2)CC(c2ccc4c(c2)OCO4)OC3)cc1. The molecule has 3 heterocycles. The molecule has 30 heavy (non-hydrogen) atoms. The van der Waals surface area contributed by atoms with E-state index in [2.05, 4.69) is 41.6 Å². The van der Waals surface area contributed by atoms with Gasteiger partial charge in [0.25, 0.3) is 5.91 Å². The van der Waals surface area contributed by atoms with Gasteiger partial charge in [-0.2, -0.15) is 5.10 Å². The van der Waals surface area contributed by atoms with Gasteiger partial charge in [-0.3, -0.25) is 9.48 Å². The molecule has 1 aromatic heterocycles. The quantitative estimate of drug-likeness (QED) is 0.706. The van der Waals surface area contributed by atoms with Crippen molar-refractivity contribution in [2.24, 2.45) is 0 Å². The molecule has 1 amide bonds. The van der Waals surface area contributed by atoms with Gasteiger partial charge in [-0.05, 0) is 42.7 Å². The number of aromatic nitrogens is 2. The third-order valence-corrected chi connectivity index (χ3v) is 5.46. The third-order valence-electron chi connectivity index (χ3n) is 5.46. The molecule has 2 aliphatic heterocycles. The van der Waals surface area contributed by atoms with Crippen molar-refractivity contribution in [2.75, 3.05) is 13.3 Å². The van der Waals surface area contributed by atoms with Gasteiger partial charge in [-0.25, -0.2) is 0 Å². The van der Waals surface area contributed by atoms with Crippen molar-refractivity contribution in [3.63, 3.8) is 0 Å². The van der Waals surface area contributed by atoms with Gasteiger partial charge < -0.3 is 19.5 Å². The Morgan fingerprint density at radius 1 is 1.13 bits per heavy atom. The lowest BCUT2D eigenvalue weighted by molar-refractivity contribution is -0.00128. The van der Waals surface area contributed by atoms with E-state index in [1.165, 1.54) is 11.1 Å². The Labute approximate surface area is 174 Å². The monoisotopic (exact) mass is 405 g/mol. The number of hydrogen-bond donors (Lipinski definition) is 1. The Bertz CT molecular complexity index is 1070. The van der Waals surface area contributed by atoms with Crippen molar-refractivity contribution >= 4 is 5.91 Å². The lowest BCUT2D eigenvalue weighted by atomic mass is 10.1. The first-order valence-electron chi connectivity index (χ1n) is 10.1. The van der Waals surface area contributed by atoms with Crippen LogP contribution in [0, 0.1) is 6.92 Å². The van der Waals surface area contributed by atoms with Gasteiger partial charge in [0.05, 0.1) is 18.8 Å². The summed E-state index contributed by atoms with van der Waals surface area (Å²) in [6.07, 6.45) is 0.638. The van der Waals surface area contributed by atoms with E-state index in [9.17, 15) is 4.79 Å². The maximum absolute atomic E-state index is 12.5. The van der Waals surface area contributed by atoms with E-state index in [-0.39, 0.29) is 18.8 Å². The molecule has 0 bridgehead atoms. The number of amides is 1. The van der Waals surface area contributed by atoms with Gasteiger partial charge >= 0.3 is 0 Å². The first-order chi connectivity index (χ1) is 14.7. The number of fused-ring (bicyclic) bond motifs is 2. The molecule has 7 nitrogen and oxygen atoms in total. The van der Waals surface area contributed by atoms with Crippen LogP contribution in [0.15, 0.2) is 48.5 Å². The zero-order chi connectivity index (χ0) is 20.5. The van der Waals surface area contributed by atoms with Crippen LogP contribution < -0.4 is 14.8 Å². The number of carbonyl (C=O) groups excluding carboxylic acids is 1. The van der Waals surface area contributed by atoms with Gasteiger partial charge in [-0.15, -0.1) is 0 Å². The second-order valence-electron chi connectivity index (χ2n) is 7.61. The standard InChI is InChI=1S/C23H23N3O4/c1-15-2-4-16(5-3-15)8-9-24-23(27)19-11-18-13-28-22(12-26(18)25-19)17-6-7-20-21(10-17)30-14-29-20/h2-7,10-11,22H,8-9,12-14H2,1H3,(H,24,27). The normalized spacial score (nSPS) is 16.9. The molecule has 0 radical (unpaired) electrons. The van der Waals surface area contributed by atoms with Crippen LogP contribution in [-0.4, -0.2) is 29.0 Å². The molecule has 1 unspecified atom stereocenters. The molecule has 0 spiro atoms. The van der Waals surface area contributed by atoms with Gasteiger partial charge in [0.1, 0.15) is 6.10 Å². The summed E-state index contributed by atoms with van der Waals surface area (Å²) in [6, 6.07) is 16.0. The Hall–Kier alpha value is -3.32. The van der Waals surface area contributed by atoms with Gasteiger partial charge in [0.15, 0.2) is 17.2 Å². The highest BCUT2D eigenvalue weighted by atomic mass is 16.7. The summed E-state index contributed by atoms with van der Waals surface area (Å²) in [5, 5.41) is 7.46. The summed E-state index contributed by atoms with van der Waals surface area (Å²) in [7, 11) is 0. The molecule has 0 saturated heterocycles. The second kappa shape index (κ2) is 7.84. The van der Waals surface area contributed by atoms with Crippen LogP contribution >= 0.6 is 0 Å². The highest BCUT2D eigenvalue weighted by Gasteiger charge is 2.25. The van der Waals surface area contributed by atoms with Crippen LogP contribution in [0.4, 0.5) is 0 Å². The number of nitrogens with zero attached hydrogens (tertiary/aromatic N) is 2. The summed E-state index contributed by atoms with van der Waals surface area (Å²) in [5.41, 5.74) is 4.75. The van der Waals surface area contributed by atoms with Crippen molar-refractivity contribution in [1.29, 1.82) is 0 Å². The third kappa shape index (κ3) is 3.76. The molecule has 2 aliphatic rings. The number of ether oxygens (including phenoxy) is 3. The van der Waals surface area contributed by atoms with Crippen molar-refractivity contribution in [3.8, 4) is 11.5 Å². The van der Waals surface area contributed by atoms with Gasteiger partial charge in [0, 0.05) is 6.54 Å². The minimum absolute atomic E-state index is 0.149. The van der Waals surface area contributed by atoms with Crippen LogP contribution in [0.25, 0.3) is 0 Å². The fraction of sp³-hybridized carbons (Fsp3) is 0.304. The Kier molecular flexibility index (Phi) is 4.88. The van der Waals surface area contributed by atoms with Crippen molar-refractivity contribution in [2.45, 2.75) is 32.6 Å². The van der Waals surface area contributed by atoms with Crippen molar-refractivity contribution in [3.05, 3.63) is 76.6 Å². The van der Waals surface area contributed by atoms with Gasteiger partial charge in [-0.1, -0.05) is 35.9 Å². The number of rotatable bonds is 5. The highest BCUT2D eigenvalue weighted by molar-refractivity contribution is 5.92. The predicted octanol–water partition coefficient (Wildman–Crippen LogP) is 3.16. The summed E-state index contributed by atoms with van der Waals surface area (Å²) in [6.45, 7) is 3.83. The minimum Gasteiger partial charge on any atom is -0.454 e. The molecule has 3 aromatic rings. The van der Waals surface area contributed by atoms with Crippen LogP contribution in [0.2, 0.25) is 0 Å². The van der Waals surface area contributed by atoms with Gasteiger partial charge in [0.2, 0.25) is 6.79 Å². The molecule has 1 atom stereocenters. The number of benzene rings is 2. The molecule has 0 fully saturated rings. The van der Waals surface area contributed by atoms with E-state index >= 15 is 0 Å². The molecule has 0 aliphatic carbocycles. The van der Waals surface area contributed by atoms with Crippen LogP contribution in [0.5, 0.6) is 11.5 Å². The fourth-order valence-corrected chi connectivity index (χ4v) is 3.72. The zero-order valence-corrected chi connectivity index (χ0v) is 16.8. The van der Waals surface area contributed by atoms with Crippen molar-refractivity contribution < 1.29 is 19.0 Å². The van der Waals surface area contributed by atoms with E-state index in [4.69, 9.17) is 14.2 Å². The van der Waals surface area contributed by atoms with Crippen LogP contribution in [0.3, 0.4) is 0 Å². The van der Waals surface area contributed by atoms with Crippen molar-refractivity contribution in [1.82, 2.24) is 15.1 Å².